The van der Waals surface area contributed by atoms with E-state index in [1.165, 1.54) is 6.07 Å². The van der Waals surface area contributed by atoms with E-state index in [9.17, 15) is 4.39 Å². The quantitative estimate of drug-likeness (QED) is 0.704. The average molecular weight is 194 g/mol. The van der Waals surface area contributed by atoms with Crippen LogP contribution in [0.25, 0.3) is 0 Å². The average Bonchev–Trinajstić information content (AvgIpc) is 2.41. The zero-order chi connectivity index (χ0) is 9.97. The van der Waals surface area contributed by atoms with Crippen molar-refractivity contribution in [2.45, 2.75) is 25.4 Å². The summed E-state index contributed by atoms with van der Waals surface area (Å²) in [5.41, 5.74) is 7.52. The Kier molecular flexibility index (Phi) is 2.79. The molecule has 0 saturated carbocycles. The van der Waals surface area contributed by atoms with Crippen molar-refractivity contribution < 1.29 is 4.39 Å². The van der Waals surface area contributed by atoms with Gasteiger partial charge >= 0.3 is 0 Å². The Bertz CT molecular complexity index is 325. The van der Waals surface area contributed by atoms with Gasteiger partial charge < -0.3 is 11.1 Å². The first-order valence-corrected chi connectivity index (χ1v) is 5.01. The molecule has 0 bridgehead atoms. The number of halogens is 1. The Hall–Kier alpha value is -0.930. The second-order valence-corrected chi connectivity index (χ2v) is 3.73. The molecule has 1 aromatic rings. The Labute approximate surface area is 83.3 Å². The number of benzene rings is 1. The van der Waals surface area contributed by atoms with Crippen LogP contribution in [0, 0.1) is 5.82 Å². The summed E-state index contributed by atoms with van der Waals surface area (Å²) in [4.78, 5) is 0. The van der Waals surface area contributed by atoms with Crippen LogP contribution in [0.2, 0.25) is 0 Å². The third kappa shape index (κ3) is 1.79. The van der Waals surface area contributed by atoms with E-state index in [0.29, 0.717) is 19.1 Å². The first kappa shape index (κ1) is 9.62. The Morgan fingerprint density at radius 1 is 1.50 bits per heavy atom. The zero-order valence-electron chi connectivity index (χ0n) is 8.09. The maximum atomic E-state index is 13.4. The van der Waals surface area contributed by atoms with E-state index in [1.54, 1.807) is 6.07 Å². The van der Waals surface area contributed by atoms with E-state index in [-0.39, 0.29) is 5.82 Å². The van der Waals surface area contributed by atoms with Crippen LogP contribution in [0.1, 0.15) is 17.5 Å². The fraction of sp³-hybridized carbons (Fsp3) is 0.455. The highest BCUT2D eigenvalue weighted by atomic mass is 19.1. The molecular weight excluding hydrogens is 179 g/mol. The number of rotatable bonds is 1. The molecule has 2 nitrogen and oxygen atoms in total. The second kappa shape index (κ2) is 4.07. The van der Waals surface area contributed by atoms with Gasteiger partial charge in [0.2, 0.25) is 0 Å². The first-order valence-electron chi connectivity index (χ1n) is 5.01. The van der Waals surface area contributed by atoms with Crippen molar-refractivity contribution in [3.63, 3.8) is 0 Å². The highest BCUT2D eigenvalue weighted by Gasteiger charge is 2.16. The fourth-order valence-corrected chi connectivity index (χ4v) is 1.91. The number of fused-ring (bicyclic) bond motifs is 1. The predicted octanol–water partition coefficient (Wildman–Crippen LogP) is 1.19. The summed E-state index contributed by atoms with van der Waals surface area (Å²) >= 11 is 0. The topological polar surface area (TPSA) is 38.0 Å². The van der Waals surface area contributed by atoms with Gasteiger partial charge in [-0.15, -0.1) is 0 Å². The molecule has 0 saturated heterocycles. The lowest BCUT2D eigenvalue weighted by Crippen LogP contribution is -2.34. The predicted molar refractivity (Wildman–Crippen MR) is 54.4 cm³/mol. The van der Waals surface area contributed by atoms with Crippen molar-refractivity contribution in [3.05, 3.63) is 35.1 Å². The van der Waals surface area contributed by atoms with E-state index in [0.717, 1.165) is 24.0 Å². The molecule has 0 aliphatic carbocycles. The van der Waals surface area contributed by atoms with E-state index >= 15 is 0 Å². The molecular formula is C11H15FN2. The lowest BCUT2D eigenvalue weighted by molar-refractivity contribution is 0.498. The molecule has 0 spiro atoms. The monoisotopic (exact) mass is 194 g/mol. The molecule has 0 amide bonds. The van der Waals surface area contributed by atoms with Crippen LogP contribution in [0.3, 0.4) is 0 Å². The summed E-state index contributed by atoms with van der Waals surface area (Å²) in [6.07, 6.45) is 1.91. The van der Waals surface area contributed by atoms with Gasteiger partial charge in [0, 0.05) is 24.7 Å². The van der Waals surface area contributed by atoms with E-state index in [4.69, 9.17) is 5.73 Å². The van der Waals surface area contributed by atoms with Crippen molar-refractivity contribution in [1.82, 2.24) is 5.32 Å². The summed E-state index contributed by atoms with van der Waals surface area (Å²) in [6.45, 7) is 1.22. The van der Waals surface area contributed by atoms with Gasteiger partial charge in [0.05, 0.1) is 0 Å². The SMILES string of the molecule is NCC1CCc2cccc(F)c2CN1. The molecule has 3 N–H and O–H groups in total. The van der Waals surface area contributed by atoms with Crippen LogP contribution in [-0.4, -0.2) is 12.6 Å². The van der Waals surface area contributed by atoms with Crippen molar-refractivity contribution in [2.75, 3.05) is 6.54 Å². The highest BCUT2D eigenvalue weighted by molar-refractivity contribution is 5.29. The minimum Gasteiger partial charge on any atom is -0.329 e. The van der Waals surface area contributed by atoms with Crippen LogP contribution in [0.4, 0.5) is 4.39 Å². The standard InChI is InChI=1S/C11H15FN2/c12-11-3-1-2-8-4-5-9(6-13)14-7-10(8)11/h1-3,9,14H,4-7,13H2. The molecule has 1 aliphatic rings. The van der Waals surface area contributed by atoms with Crippen LogP contribution < -0.4 is 11.1 Å². The minimum absolute atomic E-state index is 0.104. The molecule has 1 aliphatic heterocycles. The molecule has 1 heterocycles. The number of nitrogens with two attached hydrogens (primary N) is 1. The summed E-state index contributed by atoms with van der Waals surface area (Å²) in [5, 5.41) is 3.26. The molecule has 1 atom stereocenters. The summed E-state index contributed by atoms with van der Waals surface area (Å²) in [6, 6.07) is 5.61. The molecule has 0 radical (unpaired) electrons. The van der Waals surface area contributed by atoms with Crippen LogP contribution in [0.15, 0.2) is 18.2 Å². The normalized spacial score (nSPS) is 21.4. The molecule has 2 rings (SSSR count). The molecule has 1 aromatic carbocycles. The number of nitrogens with one attached hydrogen (secondary N) is 1. The summed E-state index contributed by atoms with van der Waals surface area (Å²) in [7, 11) is 0. The van der Waals surface area contributed by atoms with Gasteiger partial charge in [0.25, 0.3) is 0 Å². The van der Waals surface area contributed by atoms with E-state index in [1.807, 2.05) is 6.07 Å². The Morgan fingerprint density at radius 3 is 3.14 bits per heavy atom. The van der Waals surface area contributed by atoms with Gasteiger partial charge in [-0.3, -0.25) is 0 Å². The molecule has 14 heavy (non-hydrogen) atoms. The molecule has 3 heteroatoms. The van der Waals surface area contributed by atoms with Gasteiger partial charge in [0.1, 0.15) is 5.82 Å². The van der Waals surface area contributed by atoms with Crippen molar-refractivity contribution in [2.24, 2.45) is 5.73 Å². The molecule has 76 valence electrons. The lowest BCUT2D eigenvalue weighted by atomic mass is 10.0. The largest absolute Gasteiger partial charge is 0.329 e. The molecule has 0 aromatic heterocycles. The number of hydrogen-bond acceptors (Lipinski definition) is 2. The lowest BCUT2D eigenvalue weighted by Gasteiger charge is -2.11. The minimum atomic E-state index is -0.104. The van der Waals surface area contributed by atoms with Gasteiger partial charge in [-0.2, -0.15) is 0 Å². The van der Waals surface area contributed by atoms with E-state index in [2.05, 4.69) is 5.32 Å². The van der Waals surface area contributed by atoms with Crippen molar-refractivity contribution in [1.29, 1.82) is 0 Å². The Morgan fingerprint density at radius 2 is 2.36 bits per heavy atom. The van der Waals surface area contributed by atoms with Crippen LogP contribution >= 0.6 is 0 Å². The van der Waals surface area contributed by atoms with Gasteiger partial charge in [-0.1, -0.05) is 12.1 Å². The maximum Gasteiger partial charge on any atom is 0.127 e. The third-order valence-electron chi connectivity index (χ3n) is 2.83. The number of hydrogen-bond donors (Lipinski definition) is 2. The fourth-order valence-electron chi connectivity index (χ4n) is 1.91. The van der Waals surface area contributed by atoms with Crippen molar-refractivity contribution in [3.8, 4) is 0 Å². The molecule has 0 fully saturated rings. The molecule has 1 unspecified atom stereocenters. The third-order valence-corrected chi connectivity index (χ3v) is 2.83. The second-order valence-electron chi connectivity index (χ2n) is 3.73. The number of aryl methyl sites for hydroxylation is 1. The Balaban J connectivity index is 2.25. The maximum absolute atomic E-state index is 13.4. The zero-order valence-corrected chi connectivity index (χ0v) is 8.09. The first-order chi connectivity index (χ1) is 6.81. The van der Waals surface area contributed by atoms with Crippen LogP contribution in [0.5, 0.6) is 0 Å². The van der Waals surface area contributed by atoms with Gasteiger partial charge in [-0.05, 0) is 24.5 Å². The van der Waals surface area contributed by atoms with Crippen LogP contribution in [-0.2, 0) is 13.0 Å². The van der Waals surface area contributed by atoms with Gasteiger partial charge in [-0.25, -0.2) is 4.39 Å². The summed E-state index contributed by atoms with van der Waals surface area (Å²) < 4.78 is 13.4. The van der Waals surface area contributed by atoms with Gasteiger partial charge in [0.15, 0.2) is 0 Å². The van der Waals surface area contributed by atoms with Crippen molar-refractivity contribution >= 4 is 0 Å². The highest BCUT2D eigenvalue weighted by Crippen LogP contribution is 2.18. The van der Waals surface area contributed by atoms with E-state index < -0.39 is 0 Å². The smallest absolute Gasteiger partial charge is 0.127 e. The summed E-state index contributed by atoms with van der Waals surface area (Å²) in [5.74, 6) is -0.104.